The zero-order valence-corrected chi connectivity index (χ0v) is 15.2. The molecule has 0 unspecified atom stereocenters. The van der Waals surface area contributed by atoms with Crippen molar-refractivity contribution in [3.8, 4) is 0 Å². The summed E-state index contributed by atoms with van der Waals surface area (Å²) in [5.41, 5.74) is 0.626. The molecule has 0 saturated heterocycles. The molecule has 27 heavy (non-hydrogen) atoms. The number of carbonyl (C=O) groups is 1. The van der Waals surface area contributed by atoms with Gasteiger partial charge in [0.1, 0.15) is 23.4 Å². The number of hydrogen-bond donors (Lipinski definition) is 2. The van der Waals surface area contributed by atoms with Gasteiger partial charge >= 0.3 is 6.09 Å². The van der Waals surface area contributed by atoms with Gasteiger partial charge < -0.3 is 15.4 Å². The Labute approximate surface area is 156 Å². The largest absolute Gasteiger partial charge is 0.446 e. The summed E-state index contributed by atoms with van der Waals surface area (Å²) in [5.74, 6) is -1.12. The minimum Gasteiger partial charge on any atom is -0.446 e. The molecular formula is C19H22F2N4O2. The molecule has 1 heterocycles. The van der Waals surface area contributed by atoms with Gasteiger partial charge in [-0.15, -0.1) is 0 Å². The summed E-state index contributed by atoms with van der Waals surface area (Å²) in [6.45, 7) is 3.75. The standard InChI is InChI=1S/C19H22F2N4O2/c1-11(2)24-19(26)27-14-7-6-12(8-14)13-9-22-18(23-10-13)25-17-15(20)4-3-5-16(17)21/h3-5,9-12,14H,6-8H2,1-2H3,(H,24,26)(H,22,23,25)/t12-,14+/m0/s1. The Morgan fingerprint density at radius 3 is 2.48 bits per heavy atom. The molecule has 3 rings (SSSR count). The normalized spacial score (nSPS) is 19.1. The number of ether oxygens (including phenoxy) is 1. The maximum absolute atomic E-state index is 13.7. The van der Waals surface area contributed by atoms with Crippen LogP contribution in [-0.2, 0) is 4.74 Å². The summed E-state index contributed by atoms with van der Waals surface area (Å²) in [6.07, 6.45) is 5.06. The molecule has 2 aromatic rings. The number of hydrogen-bond acceptors (Lipinski definition) is 5. The smallest absolute Gasteiger partial charge is 0.407 e. The van der Waals surface area contributed by atoms with E-state index in [1.165, 1.54) is 6.07 Å². The van der Waals surface area contributed by atoms with Crippen LogP contribution in [0.1, 0.15) is 44.6 Å². The summed E-state index contributed by atoms with van der Waals surface area (Å²) >= 11 is 0. The fourth-order valence-electron chi connectivity index (χ4n) is 3.11. The molecule has 1 fully saturated rings. The Bertz CT molecular complexity index is 779. The van der Waals surface area contributed by atoms with Crippen LogP contribution < -0.4 is 10.6 Å². The van der Waals surface area contributed by atoms with E-state index in [1.54, 1.807) is 12.4 Å². The van der Waals surface area contributed by atoms with E-state index in [4.69, 9.17) is 4.74 Å². The number of nitrogens with zero attached hydrogens (tertiary/aromatic N) is 2. The molecule has 1 amide bonds. The lowest BCUT2D eigenvalue weighted by molar-refractivity contribution is 0.0982. The molecule has 0 spiro atoms. The molecular weight excluding hydrogens is 354 g/mol. The SMILES string of the molecule is CC(C)NC(=O)O[C@@H]1CC[C@H](c2cnc(Nc3c(F)cccc3F)nc2)C1. The molecule has 2 atom stereocenters. The number of anilines is 2. The van der Waals surface area contributed by atoms with E-state index in [9.17, 15) is 13.6 Å². The molecule has 1 aliphatic rings. The average molecular weight is 376 g/mol. The maximum atomic E-state index is 13.7. The monoisotopic (exact) mass is 376 g/mol. The predicted octanol–water partition coefficient (Wildman–Crippen LogP) is 4.27. The van der Waals surface area contributed by atoms with E-state index in [0.717, 1.165) is 30.5 Å². The second kappa shape index (κ2) is 8.28. The minimum atomic E-state index is -0.710. The van der Waals surface area contributed by atoms with Crippen LogP contribution in [0.25, 0.3) is 0 Å². The molecule has 0 radical (unpaired) electrons. The van der Waals surface area contributed by atoms with Crippen molar-refractivity contribution in [2.24, 2.45) is 0 Å². The van der Waals surface area contributed by atoms with Crippen LogP contribution in [0, 0.1) is 11.6 Å². The van der Waals surface area contributed by atoms with Crippen molar-refractivity contribution in [2.45, 2.75) is 51.2 Å². The second-order valence-corrected chi connectivity index (χ2v) is 6.90. The van der Waals surface area contributed by atoms with E-state index < -0.39 is 17.7 Å². The van der Waals surface area contributed by atoms with Gasteiger partial charge in [0, 0.05) is 18.4 Å². The lowest BCUT2D eigenvalue weighted by atomic mass is 10.0. The van der Waals surface area contributed by atoms with Crippen LogP contribution in [0.4, 0.5) is 25.2 Å². The average Bonchev–Trinajstić information content (AvgIpc) is 3.06. The van der Waals surface area contributed by atoms with Crippen LogP contribution in [0.15, 0.2) is 30.6 Å². The van der Waals surface area contributed by atoms with Crippen LogP contribution >= 0.6 is 0 Å². The molecule has 1 saturated carbocycles. The quantitative estimate of drug-likeness (QED) is 0.815. The van der Waals surface area contributed by atoms with Gasteiger partial charge in [-0.3, -0.25) is 0 Å². The lowest BCUT2D eigenvalue weighted by Crippen LogP contribution is -2.33. The molecule has 1 aromatic carbocycles. The van der Waals surface area contributed by atoms with Crippen molar-refractivity contribution in [1.29, 1.82) is 0 Å². The molecule has 144 valence electrons. The van der Waals surface area contributed by atoms with Gasteiger partial charge in [0.15, 0.2) is 0 Å². The third-order valence-electron chi connectivity index (χ3n) is 4.41. The second-order valence-electron chi connectivity index (χ2n) is 6.90. The lowest BCUT2D eigenvalue weighted by Gasteiger charge is -2.15. The number of amides is 1. The number of carbonyl (C=O) groups excluding carboxylic acids is 1. The topological polar surface area (TPSA) is 76.1 Å². The van der Waals surface area contributed by atoms with Crippen molar-refractivity contribution in [3.63, 3.8) is 0 Å². The van der Waals surface area contributed by atoms with Gasteiger partial charge in [-0.25, -0.2) is 23.5 Å². The Balaban J connectivity index is 1.59. The maximum Gasteiger partial charge on any atom is 0.407 e. The van der Waals surface area contributed by atoms with Crippen LogP contribution in [0.5, 0.6) is 0 Å². The third kappa shape index (κ3) is 4.90. The number of para-hydroxylation sites is 1. The summed E-state index contributed by atoms with van der Waals surface area (Å²) in [7, 11) is 0. The van der Waals surface area contributed by atoms with E-state index in [1.807, 2.05) is 13.8 Å². The molecule has 1 aromatic heterocycles. The minimum absolute atomic E-state index is 0.0300. The van der Waals surface area contributed by atoms with Crippen molar-refractivity contribution < 1.29 is 18.3 Å². The Hall–Kier alpha value is -2.77. The van der Waals surface area contributed by atoms with Crippen LogP contribution in [0.2, 0.25) is 0 Å². The van der Waals surface area contributed by atoms with E-state index in [-0.39, 0.29) is 29.7 Å². The van der Waals surface area contributed by atoms with Gasteiger partial charge in [0.05, 0.1) is 0 Å². The Kier molecular flexibility index (Phi) is 5.83. The zero-order chi connectivity index (χ0) is 19.4. The van der Waals surface area contributed by atoms with E-state index in [0.29, 0.717) is 6.42 Å². The van der Waals surface area contributed by atoms with E-state index >= 15 is 0 Å². The fraction of sp³-hybridized carbons (Fsp3) is 0.421. The van der Waals surface area contributed by atoms with Gasteiger partial charge in [0.25, 0.3) is 0 Å². The molecule has 8 heteroatoms. The Morgan fingerprint density at radius 2 is 1.85 bits per heavy atom. The predicted molar refractivity (Wildman–Crippen MR) is 96.8 cm³/mol. The third-order valence-corrected chi connectivity index (χ3v) is 4.41. The number of alkyl carbamates (subject to hydrolysis) is 1. The van der Waals surface area contributed by atoms with Gasteiger partial charge in [-0.2, -0.15) is 0 Å². The first-order valence-electron chi connectivity index (χ1n) is 8.92. The number of aromatic nitrogens is 2. The first kappa shape index (κ1) is 19.0. The fourth-order valence-corrected chi connectivity index (χ4v) is 3.11. The number of nitrogens with one attached hydrogen (secondary N) is 2. The first-order valence-corrected chi connectivity index (χ1v) is 8.92. The summed E-state index contributed by atoms with van der Waals surface area (Å²) in [6, 6.07) is 3.64. The van der Waals surface area contributed by atoms with Crippen molar-refractivity contribution in [1.82, 2.24) is 15.3 Å². The zero-order valence-electron chi connectivity index (χ0n) is 15.2. The molecule has 0 bridgehead atoms. The highest BCUT2D eigenvalue weighted by molar-refractivity contribution is 5.67. The van der Waals surface area contributed by atoms with Gasteiger partial charge in [0.2, 0.25) is 5.95 Å². The van der Waals surface area contributed by atoms with Gasteiger partial charge in [-0.05, 0) is 56.7 Å². The van der Waals surface area contributed by atoms with Crippen molar-refractivity contribution >= 4 is 17.7 Å². The summed E-state index contributed by atoms with van der Waals surface area (Å²) < 4.78 is 32.8. The highest BCUT2D eigenvalue weighted by Crippen LogP contribution is 2.35. The molecule has 2 N–H and O–H groups in total. The molecule has 0 aliphatic heterocycles. The summed E-state index contributed by atoms with van der Waals surface area (Å²) in [4.78, 5) is 20.0. The van der Waals surface area contributed by atoms with Crippen molar-refractivity contribution in [3.05, 3.63) is 47.8 Å². The van der Waals surface area contributed by atoms with E-state index in [2.05, 4.69) is 20.6 Å². The van der Waals surface area contributed by atoms with Crippen molar-refractivity contribution in [2.75, 3.05) is 5.32 Å². The first-order chi connectivity index (χ1) is 12.9. The number of halogens is 2. The molecule has 1 aliphatic carbocycles. The molecule has 6 nitrogen and oxygen atoms in total. The Morgan fingerprint density at radius 1 is 1.19 bits per heavy atom. The number of rotatable bonds is 5. The number of benzene rings is 1. The van der Waals surface area contributed by atoms with Crippen LogP contribution in [0.3, 0.4) is 0 Å². The highest BCUT2D eigenvalue weighted by atomic mass is 19.1. The van der Waals surface area contributed by atoms with Gasteiger partial charge in [-0.1, -0.05) is 6.07 Å². The van der Waals surface area contributed by atoms with Crippen LogP contribution in [-0.4, -0.2) is 28.2 Å². The summed E-state index contributed by atoms with van der Waals surface area (Å²) in [5, 5.41) is 5.27. The highest BCUT2D eigenvalue weighted by Gasteiger charge is 2.29.